The van der Waals surface area contributed by atoms with Gasteiger partial charge in [-0.05, 0) is 19.1 Å². The molecule has 1 atom stereocenters. The molecule has 0 aliphatic rings. The number of carbonyl (C=O) groups excluding carboxylic acids is 1. The van der Waals surface area contributed by atoms with Crippen LogP contribution >= 0.6 is 0 Å². The van der Waals surface area contributed by atoms with Crippen molar-refractivity contribution >= 4 is 22.9 Å². The Morgan fingerprint density at radius 3 is 2.79 bits per heavy atom. The second-order valence-corrected chi connectivity index (χ2v) is 4.40. The van der Waals surface area contributed by atoms with Gasteiger partial charge in [0.05, 0.1) is 17.4 Å². The van der Waals surface area contributed by atoms with Crippen LogP contribution in [0.15, 0.2) is 30.6 Å². The minimum atomic E-state index is -1.03. The highest BCUT2D eigenvalue weighted by molar-refractivity contribution is 5.85. The van der Waals surface area contributed by atoms with Crippen LogP contribution in [0.5, 0.6) is 0 Å². The summed E-state index contributed by atoms with van der Waals surface area (Å²) in [6, 6.07) is 7.01. The maximum Gasteiger partial charge on any atom is 0.323 e. The molecule has 1 amide bonds. The van der Waals surface area contributed by atoms with Gasteiger partial charge in [-0.1, -0.05) is 12.1 Å². The first-order chi connectivity index (χ1) is 9.00. The Labute approximate surface area is 110 Å². The van der Waals surface area contributed by atoms with Gasteiger partial charge in [-0.3, -0.25) is 9.59 Å². The summed E-state index contributed by atoms with van der Waals surface area (Å²) in [5, 5.41) is 8.70. The monoisotopic (exact) mass is 261 g/mol. The maximum absolute atomic E-state index is 12.1. The number of amides is 1. The first-order valence-electron chi connectivity index (χ1n) is 5.89. The zero-order valence-corrected chi connectivity index (χ0v) is 10.8. The number of para-hydroxylation sites is 2. The van der Waals surface area contributed by atoms with Crippen molar-refractivity contribution in [2.24, 2.45) is 0 Å². The molecule has 1 aromatic carbocycles. The van der Waals surface area contributed by atoms with Gasteiger partial charge in [-0.15, -0.1) is 0 Å². The molecule has 0 aliphatic carbocycles. The highest BCUT2D eigenvalue weighted by atomic mass is 16.4. The number of carboxylic acids is 1. The fourth-order valence-electron chi connectivity index (χ4n) is 2.01. The lowest BCUT2D eigenvalue weighted by Gasteiger charge is -2.20. The number of hydrogen-bond acceptors (Lipinski definition) is 3. The quantitative estimate of drug-likeness (QED) is 0.895. The lowest BCUT2D eigenvalue weighted by Crippen LogP contribution is -2.36. The molecule has 1 unspecified atom stereocenters. The van der Waals surface area contributed by atoms with E-state index in [-0.39, 0.29) is 12.5 Å². The molecule has 100 valence electrons. The van der Waals surface area contributed by atoms with Gasteiger partial charge in [0.2, 0.25) is 5.91 Å². The molecule has 0 saturated carbocycles. The van der Waals surface area contributed by atoms with E-state index in [1.165, 1.54) is 11.9 Å². The third-order valence-electron chi connectivity index (χ3n) is 3.00. The number of rotatable bonds is 4. The number of benzene rings is 1. The van der Waals surface area contributed by atoms with E-state index in [0.717, 1.165) is 11.0 Å². The van der Waals surface area contributed by atoms with Crippen molar-refractivity contribution in [3.63, 3.8) is 0 Å². The van der Waals surface area contributed by atoms with E-state index >= 15 is 0 Å². The van der Waals surface area contributed by atoms with Crippen LogP contribution in [0.1, 0.15) is 13.0 Å². The summed E-state index contributed by atoms with van der Waals surface area (Å²) in [6.45, 7) is 1.42. The molecular formula is C13H15N3O3. The van der Waals surface area contributed by atoms with E-state index in [9.17, 15) is 9.59 Å². The molecule has 0 spiro atoms. The Balaban J connectivity index is 2.26. The molecule has 19 heavy (non-hydrogen) atoms. The van der Waals surface area contributed by atoms with Crippen LogP contribution in [0, 0.1) is 0 Å². The summed E-state index contributed by atoms with van der Waals surface area (Å²) < 4.78 is 1.75. The van der Waals surface area contributed by atoms with E-state index in [2.05, 4.69) is 4.98 Å². The molecule has 0 radical (unpaired) electrons. The molecular weight excluding hydrogens is 246 g/mol. The Kier molecular flexibility index (Phi) is 3.50. The molecule has 0 saturated heterocycles. The van der Waals surface area contributed by atoms with Gasteiger partial charge < -0.3 is 14.6 Å². The van der Waals surface area contributed by atoms with Crippen molar-refractivity contribution in [1.82, 2.24) is 14.5 Å². The van der Waals surface area contributed by atoms with E-state index in [0.29, 0.717) is 0 Å². The smallest absolute Gasteiger partial charge is 0.323 e. The SMILES string of the molecule is CC(C(=O)N(C)CC(=O)O)n1cnc2ccccc21. The predicted molar refractivity (Wildman–Crippen MR) is 69.7 cm³/mol. The molecule has 2 rings (SSSR count). The zero-order chi connectivity index (χ0) is 14.0. The van der Waals surface area contributed by atoms with E-state index in [1.54, 1.807) is 17.8 Å². The fourth-order valence-corrected chi connectivity index (χ4v) is 2.01. The summed E-state index contributed by atoms with van der Waals surface area (Å²) in [4.78, 5) is 28.2. The number of aromatic nitrogens is 2. The number of fused-ring (bicyclic) bond motifs is 1. The van der Waals surface area contributed by atoms with E-state index in [4.69, 9.17) is 5.11 Å². The van der Waals surface area contributed by atoms with Gasteiger partial charge in [-0.2, -0.15) is 0 Å². The molecule has 1 N–H and O–H groups in total. The number of hydrogen-bond donors (Lipinski definition) is 1. The average Bonchev–Trinajstić information content (AvgIpc) is 2.80. The van der Waals surface area contributed by atoms with E-state index in [1.807, 2.05) is 24.3 Å². The van der Waals surface area contributed by atoms with Gasteiger partial charge in [0.25, 0.3) is 0 Å². The summed E-state index contributed by atoms with van der Waals surface area (Å²) in [5.41, 5.74) is 1.66. The highest BCUT2D eigenvalue weighted by Gasteiger charge is 2.21. The van der Waals surface area contributed by atoms with Crippen LogP contribution in [-0.2, 0) is 9.59 Å². The Hall–Kier alpha value is -2.37. The summed E-state index contributed by atoms with van der Waals surface area (Å²) in [6.07, 6.45) is 1.60. The second-order valence-electron chi connectivity index (χ2n) is 4.40. The Bertz CT molecular complexity index is 620. The lowest BCUT2D eigenvalue weighted by atomic mass is 10.2. The average molecular weight is 261 g/mol. The molecule has 0 bridgehead atoms. The van der Waals surface area contributed by atoms with E-state index < -0.39 is 12.0 Å². The maximum atomic E-state index is 12.1. The van der Waals surface area contributed by atoms with Gasteiger partial charge in [0, 0.05) is 7.05 Å². The molecule has 1 heterocycles. The number of imidazole rings is 1. The van der Waals surface area contributed by atoms with Gasteiger partial charge in [-0.25, -0.2) is 4.98 Å². The fraction of sp³-hybridized carbons (Fsp3) is 0.308. The van der Waals surface area contributed by atoms with Crippen LogP contribution in [0.25, 0.3) is 11.0 Å². The molecule has 1 aromatic heterocycles. The number of carbonyl (C=O) groups is 2. The third kappa shape index (κ3) is 2.57. The molecule has 0 fully saturated rings. The zero-order valence-electron chi connectivity index (χ0n) is 10.8. The van der Waals surface area contributed by atoms with Gasteiger partial charge in [0.15, 0.2) is 0 Å². The van der Waals surface area contributed by atoms with Crippen LogP contribution in [0.3, 0.4) is 0 Å². The normalized spacial score (nSPS) is 12.3. The van der Waals surface area contributed by atoms with Crippen molar-refractivity contribution in [3.05, 3.63) is 30.6 Å². The number of carboxylic acid groups (broad SMARTS) is 1. The Morgan fingerprint density at radius 2 is 2.11 bits per heavy atom. The summed E-state index contributed by atoms with van der Waals surface area (Å²) in [5.74, 6) is -1.29. The van der Waals surface area contributed by atoms with Crippen molar-refractivity contribution < 1.29 is 14.7 Å². The number of aliphatic carboxylic acids is 1. The molecule has 6 heteroatoms. The predicted octanol–water partition coefficient (Wildman–Crippen LogP) is 1.14. The lowest BCUT2D eigenvalue weighted by molar-refractivity contribution is -0.144. The van der Waals surface area contributed by atoms with Crippen LogP contribution in [0.2, 0.25) is 0 Å². The standard InChI is InChI=1S/C13H15N3O3/c1-9(13(19)15(2)7-12(17)18)16-8-14-10-5-3-4-6-11(10)16/h3-6,8-9H,7H2,1-2H3,(H,17,18). The largest absolute Gasteiger partial charge is 0.480 e. The van der Waals surface area contributed by atoms with Crippen LogP contribution < -0.4 is 0 Å². The minimum Gasteiger partial charge on any atom is -0.480 e. The van der Waals surface area contributed by atoms with Crippen molar-refractivity contribution in [2.75, 3.05) is 13.6 Å². The minimum absolute atomic E-state index is 0.259. The first kappa shape index (κ1) is 13.1. The first-order valence-corrected chi connectivity index (χ1v) is 5.89. The molecule has 2 aromatic rings. The van der Waals surface area contributed by atoms with Gasteiger partial charge >= 0.3 is 5.97 Å². The van der Waals surface area contributed by atoms with Crippen molar-refractivity contribution in [2.45, 2.75) is 13.0 Å². The Morgan fingerprint density at radius 1 is 1.42 bits per heavy atom. The van der Waals surface area contributed by atoms with Crippen molar-refractivity contribution in [1.29, 1.82) is 0 Å². The summed E-state index contributed by atoms with van der Waals surface area (Å²) in [7, 11) is 1.48. The molecule has 6 nitrogen and oxygen atoms in total. The van der Waals surface area contributed by atoms with Crippen LogP contribution in [0.4, 0.5) is 0 Å². The second kappa shape index (κ2) is 5.09. The van der Waals surface area contributed by atoms with Gasteiger partial charge in [0.1, 0.15) is 12.6 Å². The molecule has 0 aliphatic heterocycles. The van der Waals surface area contributed by atoms with Crippen LogP contribution in [-0.4, -0.2) is 45.0 Å². The summed E-state index contributed by atoms with van der Waals surface area (Å²) >= 11 is 0. The number of likely N-dealkylation sites (N-methyl/N-ethyl adjacent to an activating group) is 1. The third-order valence-corrected chi connectivity index (χ3v) is 3.00. The topological polar surface area (TPSA) is 75.4 Å². The highest BCUT2D eigenvalue weighted by Crippen LogP contribution is 2.18. The number of nitrogens with zero attached hydrogens (tertiary/aromatic N) is 3. The van der Waals surface area contributed by atoms with Crippen molar-refractivity contribution in [3.8, 4) is 0 Å².